The van der Waals surface area contributed by atoms with Crippen molar-refractivity contribution >= 4 is 15.7 Å². The lowest BCUT2D eigenvalue weighted by atomic mass is 10.3. The molecule has 1 aromatic heterocycles. The highest BCUT2D eigenvalue weighted by Gasteiger charge is 2.13. The molecule has 2 aromatic rings. The molecule has 1 N–H and O–H groups in total. The number of benzene rings is 1. The maximum atomic E-state index is 12.0. The molecule has 1 heterocycles. The molecule has 0 spiro atoms. The van der Waals surface area contributed by atoms with Gasteiger partial charge in [0.05, 0.1) is 17.7 Å². The first-order chi connectivity index (χ1) is 8.62. The van der Waals surface area contributed by atoms with Gasteiger partial charge in [0.15, 0.2) is 0 Å². The van der Waals surface area contributed by atoms with Gasteiger partial charge < -0.3 is 4.74 Å². The number of methoxy groups -OCH3 is 1. The topological polar surface area (TPSA) is 68.3 Å². The van der Waals surface area contributed by atoms with Crippen LogP contribution in [0.2, 0.25) is 0 Å². The second kappa shape index (κ2) is 5.05. The van der Waals surface area contributed by atoms with E-state index in [1.807, 2.05) is 0 Å². The van der Waals surface area contributed by atoms with Crippen LogP contribution in [0.1, 0.15) is 0 Å². The third-order valence-corrected chi connectivity index (χ3v) is 3.70. The molecule has 18 heavy (non-hydrogen) atoms. The van der Waals surface area contributed by atoms with Gasteiger partial charge in [0.25, 0.3) is 10.0 Å². The number of pyridine rings is 1. The van der Waals surface area contributed by atoms with E-state index in [4.69, 9.17) is 4.74 Å². The second-order valence-electron chi connectivity index (χ2n) is 3.52. The van der Waals surface area contributed by atoms with E-state index in [0.717, 1.165) is 0 Å². The smallest absolute Gasteiger partial charge is 0.261 e. The second-order valence-corrected chi connectivity index (χ2v) is 5.20. The number of nitrogens with zero attached hydrogens (tertiary/aromatic N) is 1. The summed E-state index contributed by atoms with van der Waals surface area (Å²) in [6.45, 7) is 0. The summed E-state index contributed by atoms with van der Waals surface area (Å²) < 4.78 is 31.5. The van der Waals surface area contributed by atoms with E-state index in [1.54, 1.807) is 24.3 Å². The summed E-state index contributed by atoms with van der Waals surface area (Å²) in [4.78, 5) is 4.00. The Bertz CT molecular complexity index is 610. The minimum atomic E-state index is -3.57. The number of ether oxygens (including phenoxy) is 1. The van der Waals surface area contributed by atoms with Crippen molar-refractivity contribution in [2.45, 2.75) is 4.90 Å². The van der Waals surface area contributed by atoms with Crippen molar-refractivity contribution < 1.29 is 13.2 Å². The fraction of sp³-hybridized carbons (Fsp3) is 0.0833. The number of nitrogens with one attached hydrogen (secondary N) is 1. The number of anilines is 1. The molecule has 1 aromatic carbocycles. The molecule has 0 aliphatic rings. The molecule has 0 aliphatic carbocycles. The molecule has 94 valence electrons. The summed E-state index contributed by atoms with van der Waals surface area (Å²) in [5, 5.41) is 0. The summed E-state index contributed by atoms with van der Waals surface area (Å²) in [6, 6.07) is 9.34. The van der Waals surface area contributed by atoms with Crippen LogP contribution in [0.25, 0.3) is 0 Å². The Hall–Kier alpha value is -2.08. The van der Waals surface area contributed by atoms with E-state index >= 15 is 0 Å². The Kier molecular flexibility index (Phi) is 3.47. The van der Waals surface area contributed by atoms with Gasteiger partial charge in [0, 0.05) is 12.4 Å². The van der Waals surface area contributed by atoms with Crippen LogP contribution in [0.5, 0.6) is 5.75 Å². The lowest BCUT2D eigenvalue weighted by molar-refractivity contribution is 0.414. The molecule has 0 unspecified atom stereocenters. The largest absolute Gasteiger partial charge is 0.497 e. The molecule has 2 rings (SSSR count). The summed E-state index contributed by atoms with van der Waals surface area (Å²) in [6.07, 6.45) is 3.04. The van der Waals surface area contributed by atoms with Gasteiger partial charge in [-0.15, -0.1) is 0 Å². The summed E-state index contributed by atoms with van der Waals surface area (Å²) in [5.74, 6) is 0.609. The third-order valence-electron chi connectivity index (χ3n) is 2.30. The highest BCUT2D eigenvalue weighted by molar-refractivity contribution is 7.92. The lowest BCUT2D eigenvalue weighted by Gasteiger charge is -2.08. The zero-order valence-corrected chi connectivity index (χ0v) is 10.5. The van der Waals surface area contributed by atoms with Gasteiger partial charge in [-0.3, -0.25) is 9.71 Å². The van der Waals surface area contributed by atoms with Gasteiger partial charge in [-0.1, -0.05) is 0 Å². The maximum Gasteiger partial charge on any atom is 0.261 e. The number of rotatable bonds is 4. The molecule has 0 fully saturated rings. The Morgan fingerprint density at radius 3 is 2.22 bits per heavy atom. The molecule has 0 saturated heterocycles. The molecule has 0 bridgehead atoms. The molecule has 0 atom stereocenters. The Morgan fingerprint density at radius 2 is 1.67 bits per heavy atom. The summed E-state index contributed by atoms with van der Waals surface area (Å²) >= 11 is 0. The molecule has 6 heteroatoms. The van der Waals surface area contributed by atoms with Gasteiger partial charge in [0.2, 0.25) is 0 Å². The summed E-state index contributed by atoms with van der Waals surface area (Å²) in [7, 11) is -2.05. The molecular formula is C12H12N2O3S. The van der Waals surface area contributed by atoms with E-state index in [1.165, 1.54) is 31.6 Å². The quantitative estimate of drug-likeness (QED) is 0.915. The molecule has 5 nitrogen and oxygen atoms in total. The van der Waals surface area contributed by atoms with Crippen LogP contribution in [-0.4, -0.2) is 20.5 Å². The highest BCUT2D eigenvalue weighted by atomic mass is 32.2. The first-order valence-corrected chi connectivity index (χ1v) is 6.67. The normalized spacial score (nSPS) is 10.9. The fourth-order valence-corrected chi connectivity index (χ4v) is 2.45. The average molecular weight is 264 g/mol. The number of hydrogen-bond acceptors (Lipinski definition) is 4. The third kappa shape index (κ3) is 2.78. The molecular weight excluding hydrogens is 252 g/mol. The van der Waals surface area contributed by atoms with E-state index in [2.05, 4.69) is 9.71 Å². The Morgan fingerprint density at radius 1 is 1.06 bits per heavy atom. The Balaban J connectivity index is 2.25. The highest BCUT2D eigenvalue weighted by Crippen LogP contribution is 2.18. The molecule has 0 aliphatic heterocycles. The van der Waals surface area contributed by atoms with Crippen molar-refractivity contribution in [2.75, 3.05) is 11.8 Å². The van der Waals surface area contributed by atoms with E-state index in [0.29, 0.717) is 11.4 Å². The predicted molar refractivity (Wildman–Crippen MR) is 68.0 cm³/mol. The maximum absolute atomic E-state index is 12.0. The van der Waals surface area contributed by atoms with E-state index in [-0.39, 0.29) is 4.90 Å². The zero-order valence-electron chi connectivity index (χ0n) is 9.70. The fourth-order valence-electron chi connectivity index (χ4n) is 1.39. The zero-order chi connectivity index (χ0) is 13.0. The first-order valence-electron chi connectivity index (χ1n) is 5.19. The average Bonchev–Trinajstić information content (AvgIpc) is 2.39. The van der Waals surface area contributed by atoms with Gasteiger partial charge in [-0.2, -0.15) is 0 Å². The van der Waals surface area contributed by atoms with Crippen LogP contribution < -0.4 is 9.46 Å². The number of aromatic nitrogens is 1. The van der Waals surface area contributed by atoms with Gasteiger partial charge in [-0.25, -0.2) is 8.42 Å². The van der Waals surface area contributed by atoms with Crippen molar-refractivity contribution in [3.05, 3.63) is 48.8 Å². The molecule has 0 amide bonds. The minimum absolute atomic E-state index is 0.181. The SMILES string of the molecule is COc1ccc(S(=O)(=O)Nc2ccncc2)cc1. The van der Waals surface area contributed by atoms with E-state index < -0.39 is 10.0 Å². The summed E-state index contributed by atoms with van der Waals surface area (Å²) in [5.41, 5.74) is 0.473. The predicted octanol–water partition coefficient (Wildman–Crippen LogP) is 1.89. The van der Waals surface area contributed by atoms with Crippen LogP contribution in [-0.2, 0) is 10.0 Å². The van der Waals surface area contributed by atoms with Gasteiger partial charge >= 0.3 is 0 Å². The number of sulfonamides is 1. The number of hydrogen-bond donors (Lipinski definition) is 1. The van der Waals surface area contributed by atoms with Crippen molar-refractivity contribution in [1.82, 2.24) is 4.98 Å². The van der Waals surface area contributed by atoms with Crippen molar-refractivity contribution in [3.63, 3.8) is 0 Å². The standard InChI is InChI=1S/C12H12N2O3S/c1-17-11-2-4-12(5-3-11)18(15,16)14-10-6-8-13-9-7-10/h2-9H,1H3,(H,13,14). The van der Waals surface area contributed by atoms with Crippen LogP contribution >= 0.6 is 0 Å². The van der Waals surface area contributed by atoms with Crippen molar-refractivity contribution in [2.24, 2.45) is 0 Å². The van der Waals surface area contributed by atoms with Crippen LogP contribution in [0.3, 0.4) is 0 Å². The van der Waals surface area contributed by atoms with Crippen LogP contribution in [0, 0.1) is 0 Å². The van der Waals surface area contributed by atoms with E-state index in [9.17, 15) is 8.42 Å². The Labute approximate surface area is 105 Å². The van der Waals surface area contributed by atoms with Gasteiger partial charge in [-0.05, 0) is 36.4 Å². The molecule has 0 saturated carbocycles. The first kappa shape index (κ1) is 12.4. The molecule has 0 radical (unpaired) electrons. The lowest BCUT2D eigenvalue weighted by Crippen LogP contribution is -2.12. The van der Waals surface area contributed by atoms with Crippen molar-refractivity contribution in [3.8, 4) is 5.75 Å². The van der Waals surface area contributed by atoms with Crippen LogP contribution in [0.4, 0.5) is 5.69 Å². The van der Waals surface area contributed by atoms with Crippen LogP contribution in [0.15, 0.2) is 53.7 Å². The minimum Gasteiger partial charge on any atom is -0.497 e. The van der Waals surface area contributed by atoms with Gasteiger partial charge in [0.1, 0.15) is 5.75 Å². The monoisotopic (exact) mass is 264 g/mol. The van der Waals surface area contributed by atoms with Crippen molar-refractivity contribution in [1.29, 1.82) is 0 Å².